The van der Waals surface area contributed by atoms with Crippen molar-refractivity contribution in [3.8, 4) is 11.1 Å². The van der Waals surface area contributed by atoms with Crippen LogP contribution < -0.4 is 10.6 Å². The molecule has 3 aromatic rings. The number of nitrogens with zero attached hydrogens (tertiary/aromatic N) is 2. The second kappa shape index (κ2) is 7.98. The van der Waals surface area contributed by atoms with Crippen molar-refractivity contribution in [3.05, 3.63) is 77.6 Å². The molecule has 144 valence electrons. The van der Waals surface area contributed by atoms with Gasteiger partial charge >= 0.3 is 0 Å². The van der Waals surface area contributed by atoms with Crippen molar-refractivity contribution in [3.63, 3.8) is 0 Å². The second-order valence-corrected chi connectivity index (χ2v) is 7.60. The zero-order valence-corrected chi connectivity index (χ0v) is 16.4. The van der Waals surface area contributed by atoms with E-state index in [4.69, 9.17) is 0 Å². The summed E-state index contributed by atoms with van der Waals surface area (Å²) in [7, 11) is 1.90. The monoisotopic (exact) mass is 374 g/mol. The smallest absolute Gasteiger partial charge is 0.225 e. The van der Waals surface area contributed by atoms with E-state index in [-0.39, 0.29) is 17.7 Å². The molecule has 0 spiro atoms. The van der Waals surface area contributed by atoms with Crippen LogP contribution >= 0.6 is 0 Å². The van der Waals surface area contributed by atoms with Crippen LogP contribution in [0.5, 0.6) is 0 Å². The highest BCUT2D eigenvalue weighted by molar-refractivity contribution is 5.80. The molecular formula is C23H26N4O. The number of hydrogen-bond acceptors (Lipinski definition) is 3. The number of nitrogens with one attached hydrogen (secondary N) is 2. The molecule has 2 aromatic carbocycles. The summed E-state index contributed by atoms with van der Waals surface area (Å²) in [5, 5.41) is 10.7. The molecule has 1 amide bonds. The Balaban J connectivity index is 1.38. The largest absolute Gasteiger partial charge is 0.352 e. The summed E-state index contributed by atoms with van der Waals surface area (Å²) >= 11 is 0. The Hall–Kier alpha value is -2.92. The van der Waals surface area contributed by atoms with E-state index in [9.17, 15) is 4.79 Å². The number of benzene rings is 2. The van der Waals surface area contributed by atoms with E-state index in [0.29, 0.717) is 13.1 Å². The molecule has 5 nitrogen and oxygen atoms in total. The normalized spacial score (nSPS) is 18.9. The summed E-state index contributed by atoms with van der Waals surface area (Å²) in [6, 6.07) is 16.9. The quantitative estimate of drug-likeness (QED) is 0.722. The molecule has 2 N–H and O–H groups in total. The van der Waals surface area contributed by atoms with Crippen molar-refractivity contribution in [2.45, 2.75) is 19.4 Å². The van der Waals surface area contributed by atoms with Crippen LogP contribution in [0.1, 0.15) is 22.6 Å². The molecule has 0 saturated carbocycles. The van der Waals surface area contributed by atoms with Gasteiger partial charge in [0.2, 0.25) is 5.91 Å². The highest BCUT2D eigenvalue weighted by atomic mass is 16.1. The summed E-state index contributed by atoms with van der Waals surface area (Å²) < 4.78 is 1.79. The highest BCUT2D eigenvalue weighted by Gasteiger charge is 2.34. The molecule has 0 aliphatic carbocycles. The van der Waals surface area contributed by atoms with Crippen molar-refractivity contribution >= 4 is 5.91 Å². The first-order valence-electron chi connectivity index (χ1n) is 9.73. The molecule has 0 bridgehead atoms. The van der Waals surface area contributed by atoms with Crippen LogP contribution in [0.15, 0.2) is 60.9 Å². The summed E-state index contributed by atoms with van der Waals surface area (Å²) in [5.41, 5.74) is 5.88. The number of carbonyl (C=O) groups is 1. The first-order valence-corrected chi connectivity index (χ1v) is 9.73. The van der Waals surface area contributed by atoms with Crippen LogP contribution in [0, 0.1) is 12.8 Å². The van der Waals surface area contributed by atoms with E-state index in [1.54, 1.807) is 4.68 Å². The number of aromatic nitrogens is 2. The summed E-state index contributed by atoms with van der Waals surface area (Å²) in [6.45, 7) is 4.17. The molecule has 0 unspecified atom stereocenters. The van der Waals surface area contributed by atoms with Crippen LogP contribution in [0.25, 0.3) is 11.1 Å². The van der Waals surface area contributed by atoms with Gasteiger partial charge in [-0.3, -0.25) is 9.48 Å². The Kier molecular flexibility index (Phi) is 5.26. The first-order chi connectivity index (χ1) is 13.6. The topological polar surface area (TPSA) is 59.0 Å². The van der Waals surface area contributed by atoms with Crippen LogP contribution in [-0.4, -0.2) is 28.8 Å². The average molecular weight is 374 g/mol. The molecule has 5 heteroatoms. The zero-order chi connectivity index (χ0) is 19.5. The van der Waals surface area contributed by atoms with Gasteiger partial charge < -0.3 is 10.6 Å². The minimum absolute atomic E-state index is 0.0595. The van der Waals surface area contributed by atoms with Crippen molar-refractivity contribution in [2.24, 2.45) is 13.0 Å². The average Bonchev–Trinajstić information content (AvgIpc) is 3.35. The molecule has 4 rings (SSSR count). The fraction of sp³-hybridized carbons (Fsp3) is 0.304. The van der Waals surface area contributed by atoms with E-state index >= 15 is 0 Å². The van der Waals surface area contributed by atoms with Crippen LogP contribution in [0.4, 0.5) is 0 Å². The molecule has 0 radical (unpaired) electrons. The van der Waals surface area contributed by atoms with E-state index in [2.05, 4.69) is 71.2 Å². The number of carbonyl (C=O) groups excluding carboxylic acids is 1. The highest BCUT2D eigenvalue weighted by Crippen LogP contribution is 2.28. The van der Waals surface area contributed by atoms with Crippen molar-refractivity contribution in [1.29, 1.82) is 0 Å². The Morgan fingerprint density at radius 3 is 2.71 bits per heavy atom. The maximum Gasteiger partial charge on any atom is 0.225 e. The Morgan fingerprint density at radius 1 is 1.18 bits per heavy atom. The third-order valence-corrected chi connectivity index (χ3v) is 5.48. The number of amides is 1. The molecule has 2 heterocycles. The number of aryl methyl sites for hydroxylation is 2. The van der Waals surface area contributed by atoms with Gasteiger partial charge in [0, 0.05) is 38.8 Å². The van der Waals surface area contributed by atoms with Gasteiger partial charge in [-0.25, -0.2) is 0 Å². The molecule has 1 saturated heterocycles. The van der Waals surface area contributed by atoms with E-state index in [0.717, 1.165) is 17.7 Å². The standard InChI is InChI=1S/C23H26N4O/c1-16-4-3-5-19(10-16)18-8-6-17(7-9-18)11-25-23(28)22-14-24-13-21(22)20-12-26-27(2)15-20/h3-10,12,15,21-22,24H,11,13-14H2,1-2H3,(H,25,28)/t21-,22+/m1/s1. The van der Waals surface area contributed by atoms with Gasteiger partial charge in [-0.15, -0.1) is 0 Å². The number of rotatable bonds is 5. The van der Waals surface area contributed by atoms with Gasteiger partial charge in [-0.05, 0) is 29.2 Å². The fourth-order valence-electron chi connectivity index (χ4n) is 3.90. The lowest BCUT2D eigenvalue weighted by Crippen LogP contribution is -2.33. The minimum atomic E-state index is -0.0595. The predicted molar refractivity (Wildman–Crippen MR) is 111 cm³/mol. The lowest BCUT2D eigenvalue weighted by atomic mass is 9.90. The Bertz CT molecular complexity index is 961. The molecule has 1 aliphatic rings. The maximum absolute atomic E-state index is 12.8. The summed E-state index contributed by atoms with van der Waals surface area (Å²) in [4.78, 5) is 12.8. The van der Waals surface area contributed by atoms with Crippen molar-refractivity contribution in [2.75, 3.05) is 13.1 Å². The summed E-state index contributed by atoms with van der Waals surface area (Å²) in [6.07, 6.45) is 3.87. The Morgan fingerprint density at radius 2 is 2.00 bits per heavy atom. The maximum atomic E-state index is 12.8. The number of hydrogen-bond donors (Lipinski definition) is 2. The molecule has 28 heavy (non-hydrogen) atoms. The van der Waals surface area contributed by atoms with Crippen molar-refractivity contribution in [1.82, 2.24) is 20.4 Å². The van der Waals surface area contributed by atoms with Gasteiger partial charge in [0.25, 0.3) is 0 Å². The SMILES string of the molecule is Cc1cccc(-c2ccc(CNC(=O)[C@H]3CNC[C@@H]3c3cnn(C)c3)cc2)c1. The van der Waals surface area contributed by atoms with Gasteiger partial charge in [-0.1, -0.05) is 54.1 Å². The van der Waals surface area contributed by atoms with Gasteiger partial charge in [0.15, 0.2) is 0 Å². The van der Waals surface area contributed by atoms with Gasteiger partial charge in [0.05, 0.1) is 12.1 Å². The zero-order valence-electron chi connectivity index (χ0n) is 16.4. The first kappa shape index (κ1) is 18.4. The minimum Gasteiger partial charge on any atom is -0.352 e. The predicted octanol–water partition coefficient (Wildman–Crippen LogP) is 3.01. The molecule has 1 fully saturated rings. The third kappa shape index (κ3) is 3.99. The molecule has 1 aliphatic heterocycles. The Labute approximate surface area is 165 Å². The van der Waals surface area contributed by atoms with E-state index < -0.39 is 0 Å². The molecular weight excluding hydrogens is 348 g/mol. The van der Waals surface area contributed by atoms with Crippen LogP contribution in [-0.2, 0) is 18.4 Å². The lowest BCUT2D eigenvalue weighted by molar-refractivity contribution is -0.125. The third-order valence-electron chi connectivity index (χ3n) is 5.48. The van der Waals surface area contributed by atoms with E-state index in [1.807, 2.05) is 19.4 Å². The second-order valence-electron chi connectivity index (χ2n) is 7.60. The lowest BCUT2D eigenvalue weighted by Gasteiger charge is -2.17. The van der Waals surface area contributed by atoms with Crippen LogP contribution in [0.3, 0.4) is 0 Å². The van der Waals surface area contributed by atoms with Crippen molar-refractivity contribution < 1.29 is 4.79 Å². The molecule has 1 aromatic heterocycles. The molecule has 2 atom stereocenters. The fourth-order valence-corrected chi connectivity index (χ4v) is 3.90. The van der Waals surface area contributed by atoms with Crippen LogP contribution in [0.2, 0.25) is 0 Å². The van der Waals surface area contributed by atoms with Gasteiger partial charge in [0.1, 0.15) is 0 Å². The van der Waals surface area contributed by atoms with E-state index in [1.165, 1.54) is 16.7 Å². The van der Waals surface area contributed by atoms with Gasteiger partial charge in [-0.2, -0.15) is 5.10 Å². The summed E-state index contributed by atoms with van der Waals surface area (Å²) in [5.74, 6) is 0.217.